The van der Waals surface area contributed by atoms with Crippen LogP contribution in [-0.4, -0.2) is 57.4 Å². The van der Waals surface area contributed by atoms with E-state index >= 15 is 0 Å². The largest absolute Gasteiger partial charge is 0.480 e. The summed E-state index contributed by atoms with van der Waals surface area (Å²) in [6.45, 7) is 9.89. The zero-order valence-electron chi connectivity index (χ0n) is 26.9. The van der Waals surface area contributed by atoms with Crippen LogP contribution in [0.25, 0.3) is 11.3 Å². The molecule has 3 aromatic heterocycles. The fourth-order valence-corrected chi connectivity index (χ4v) is 7.21. The highest BCUT2D eigenvalue weighted by atomic mass is 79.9. The topological polar surface area (TPSA) is 179 Å². The number of aliphatic carboxylic acids is 1. The number of nitrogens with zero attached hydrogens (tertiary/aromatic N) is 5. The molecule has 47 heavy (non-hydrogen) atoms. The molecule has 0 aliphatic carbocycles. The SMILES string of the molecule is CC(C)(C)OC(=O)N(c1ccc(Br)c(C(N)(Cc2ccc(-c3ccccc3)nn2)S(=O)(=O)c2cccnc2)n1)C(C(=O)O)C(C)(C)C. The van der Waals surface area contributed by atoms with Gasteiger partial charge < -0.3 is 15.6 Å². The smallest absolute Gasteiger partial charge is 0.416 e. The molecule has 2 atom stereocenters. The van der Waals surface area contributed by atoms with Gasteiger partial charge in [0.15, 0.2) is 4.87 Å². The van der Waals surface area contributed by atoms with Crippen molar-refractivity contribution >= 4 is 43.6 Å². The van der Waals surface area contributed by atoms with Crippen molar-refractivity contribution in [1.82, 2.24) is 20.2 Å². The van der Waals surface area contributed by atoms with Gasteiger partial charge in [-0.2, -0.15) is 10.2 Å². The standard InChI is InChI=1S/C33H37BrN6O6S/c1-31(2,3)28(29(41)42)40(30(43)46-32(4,5)6)26-17-15-24(34)27(37-26)33(35,47(44,45)23-13-10-18-36-20-23)19-22-14-16-25(39-38-22)21-11-8-7-9-12-21/h7-18,20,28H,19,35H2,1-6H3,(H,41,42). The second kappa shape index (κ2) is 13.5. The summed E-state index contributed by atoms with van der Waals surface area (Å²) in [6.07, 6.45) is 1.22. The summed E-state index contributed by atoms with van der Waals surface area (Å²) in [6, 6.07) is 16.9. The summed E-state index contributed by atoms with van der Waals surface area (Å²) in [5, 5.41) is 18.9. The number of hydrogen-bond acceptors (Lipinski definition) is 10. The number of nitrogens with two attached hydrogens (primary N) is 1. The van der Waals surface area contributed by atoms with Gasteiger partial charge in [-0.25, -0.2) is 27.9 Å². The molecule has 1 aromatic carbocycles. The third-order valence-corrected chi connectivity index (χ3v) is 9.84. The van der Waals surface area contributed by atoms with Gasteiger partial charge in [0, 0.05) is 28.9 Å². The molecule has 3 N–H and O–H groups in total. The third-order valence-electron chi connectivity index (χ3n) is 7.04. The van der Waals surface area contributed by atoms with E-state index in [1.165, 1.54) is 36.7 Å². The van der Waals surface area contributed by atoms with Gasteiger partial charge in [-0.05, 0) is 78.5 Å². The van der Waals surface area contributed by atoms with Gasteiger partial charge in [-0.15, -0.1) is 0 Å². The molecule has 0 radical (unpaired) electrons. The van der Waals surface area contributed by atoms with Crippen LogP contribution in [0.15, 0.2) is 88.5 Å². The van der Waals surface area contributed by atoms with Crippen LogP contribution in [0.1, 0.15) is 52.9 Å². The number of rotatable bonds is 9. The molecule has 1 amide bonds. The molecule has 3 heterocycles. The number of amides is 1. The second-order valence-electron chi connectivity index (χ2n) is 13.0. The molecule has 14 heteroatoms. The minimum atomic E-state index is -4.49. The maximum Gasteiger partial charge on any atom is 0.416 e. The van der Waals surface area contributed by atoms with Crippen molar-refractivity contribution in [2.24, 2.45) is 11.1 Å². The van der Waals surface area contributed by atoms with Crippen LogP contribution in [0.2, 0.25) is 0 Å². The number of benzene rings is 1. The van der Waals surface area contributed by atoms with Crippen molar-refractivity contribution in [3.8, 4) is 11.3 Å². The van der Waals surface area contributed by atoms with Crippen molar-refractivity contribution < 1.29 is 27.9 Å². The van der Waals surface area contributed by atoms with E-state index < -0.39 is 50.2 Å². The van der Waals surface area contributed by atoms with Gasteiger partial charge in [-0.1, -0.05) is 51.1 Å². The Hall–Kier alpha value is -4.27. The number of anilines is 1. The molecular formula is C33H37BrN6O6S. The monoisotopic (exact) mass is 724 g/mol. The molecule has 0 bridgehead atoms. The summed E-state index contributed by atoms with van der Waals surface area (Å²) in [7, 11) is -4.49. The maximum absolute atomic E-state index is 14.4. The summed E-state index contributed by atoms with van der Waals surface area (Å²) in [5.74, 6) is -1.49. The van der Waals surface area contributed by atoms with Crippen LogP contribution < -0.4 is 10.6 Å². The summed E-state index contributed by atoms with van der Waals surface area (Å²) >= 11 is 3.42. The van der Waals surface area contributed by atoms with Crippen LogP contribution in [0, 0.1) is 5.41 Å². The Morgan fingerprint density at radius 3 is 2.17 bits per heavy atom. The average molecular weight is 726 g/mol. The van der Waals surface area contributed by atoms with E-state index in [9.17, 15) is 23.1 Å². The van der Waals surface area contributed by atoms with Gasteiger partial charge in [0.25, 0.3) is 0 Å². The van der Waals surface area contributed by atoms with E-state index in [-0.39, 0.29) is 26.6 Å². The lowest BCUT2D eigenvalue weighted by atomic mass is 9.85. The normalized spacial score (nSPS) is 14.1. The third kappa shape index (κ3) is 7.83. The van der Waals surface area contributed by atoms with Crippen molar-refractivity contribution in [2.45, 2.75) is 69.4 Å². The lowest BCUT2D eigenvalue weighted by Crippen LogP contribution is -2.54. The highest BCUT2D eigenvalue weighted by Gasteiger charge is 2.48. The Kier molecular flexibility index (Phi) is 10.2. The number of sulfone groups is 1. The molecule has 0 saturated carbocycles. The molecule has 12 nitrogen and oxygen atoms in total. The Morgan fingerprint density at radius 2 is 1.64 bits per heavy atom. The first-order valence-electron chi connectivity index (χ1n) is 14.6. The zero-order chi connectivity index (χ0) is 34.8. The molecular weight excluding hydrogens is 688 g/mol. The minimum Gasteiger partial charge on any atom is -0.480 e. The van der Waals surface area contributed by atoms with E-state index in [0.717, 1.165) is 10.5 Å². The van der Waals surface area contributed by atoms with E-state index in [4.69, 9.17) is 10.5 Å². The predicted octanol–water partition coefficient (Wildman–Crippen LogP) is 5.77. The maximum atomic E-state index is 14.4. The molecule has 248 valence electrons. The van der Waals surface area contributed by atoms with E-state index in [1.54, 1.807) is 53.7 Å². The van der Waals surface area contributed by atoms with E-state index in [2.05, 4.69) is 36.1 Å². The van der Waals surface area contributed by atoms with E-state index in [0.29, 0.717) is 5.69 Å². The summed E-state index contributed by atoms with van der Waals surface area (Å²) in [4.78, 5) is 33.3. The summed E-state index contributed by atoms with van der Waals surface area (Å²) < 4.78 is 34.7. The van der Waals surface area contributed by atoms with Crippen LogP contribution in [-0.2, 0) is 30.7 Å². The van der Waals surface area contributed by atoms with Crippen LogP contribution >= 0.6 is 15.9 Å². The lowest BCUT2D eigenvalue weighted by Gasteiger charge is -2.38. The predicted molar refractivity (Wildman–Crippen MR) is 180 cm³/mol. The van der Waals surface area contributed by atoms with Gasteiger partial charge in [0.2, 0.25) is 9.84 Å². The number of pyridine rings is 2. The van der Waals surface area contributed by atoms with Crippen molar-refractivity contribution in [3.63, 3.8) is 0 Å². The molecule has 4 aromatic rings. The molecule has 0 aliphatic heterocycles. The molecule has 0 saturated heterocycles. The highest BCUT2D eigenvalue weighted by Crippen LogP contribution is 2.39. The van der Waals surface area contributed by atoms with Crippen molar-refractivity contribution in [1.29, 1.82) is 0 Å². The molecule has 0 aliphatic rings. The number of carboxylic acid groups (broad SMARTS) is 1. The highest BCUT2D eigenvalue weighted by molar-refractivity contribution is 9.10. The quantitative estimate of drug-likeness (QED) is 0.214. The number of aromatic nitrogens is 4. The van der Waals surface area contributed by atoms with Gasteiger partial charge >= 0.3 is 12.1 Å². The lowest BCUT2D eigenvalue weighted by molar-refractivity contribution is -0.141. The Morgan fingerprint density at radius 1 is 0.957 bits per heavy atom. The first kappa shape index (κ1) is 35.6. The molecule has 2 unspecified atom stereocenters. The Balaban J connectivity index is 1.93. The van der Waals surface area contributed by atoms with Gasteiger partial charge in [-0.3, -0.25) is 4.98 Å². The number of hydrogen-bond donors (Lipinski definition) is 2. The Labute approximate surface area is 282 Å². The zero-order valence-corrected chi connectivity index (χ0v) is 29.3. The first-order chi connectivity index (χ1) is 21.8. The minimum absolute atomic E-state index is 0.179. The number of ether oxygens (including phenoxy) is 1. The number of halogens is 1. The number of carbonyl (C=O) groups is 2. The number of carboxylic acids is 1. The molecule has 0 spiro atoms. The second-order valence-corrected chi connectivity index (χ2v) is 16.1. The fourth-order valence-electron chi connectivity index (χ4n) is 4.88. The van der Waals surface area contributed by atoms with Crippen molar-refractivity contribution in [3.05, 3.63) is 95.0 Å². The molecule has 0 fully saturated rings. The van der Waals surface area contributed by atoms with Gasteiger partial charge in [0.05, 0.1) is 22.0 Å². The fraction of sp³-hybridized carbons (Fsp3) is 0.333. The Bertz CT molecular complexity index is 1850. The van der Waals surface area contributed by atoms with Crippen molar-refractivity contribution in [2.75, 3.05) is 4.90 Å². The summed E-state index contributed by atoms with van der Waals surface area (Å²) in [5.41, 5.74) is 6.40. The first-order valence-corrected chi connectivity index (χ1v) is 16.9. The van der Waals surface area contributed by atoms with Crippen LogP contribution in [0.4, 0.5) is 10.6 Å². The number of carbonyl (C=O) groups excluding carboxylic acids is 1. The molecule has 4 rings (SSSR count). The van der Waals surface area contributed by atoms with Crippen LogP contribution in [0.3, 0.4) is 0 Å². The van der Waals surface area contributed by atoms with Gasteiger partial charge in [0.1, 0.15) is 17.5 Å². The van der Waals surface area contributed by atoms with E-state index in [1.807, 2.05) is 30.3 Å². The van der Waals surface area contributed by atoms with Crippen LogP contribution in [0.5, 0.6) is 0 Å². The average Bonchev–Trinajstić information content (AvgIpc) is 2.99.